The summed E-state index contributed by atoms with van der Waals surface area (Å²) in [5, 5.41) is 16.1. The monoisotopic (exact) mass is 343 g/mol. The van der Waals surface area contributed by atoms with E-state index in [-0.39, 0.29) is 0 Å². The molecule has 0 amide bonds. The van der Waals surface area contributed by atoms with E-state index in [4.69, 9.17) is 0 Å². The fraction of sp³-hybridized carbons (Fsp3) is 0.375. The Kier molecular flexibility index (Phi) is 5.05. The summed E-state index contributed by atoms with van der Waals surface area (Å²) in [5.74, 6) is 1.59. The smallest absolute Gasteiger partial charge is 0.191 e. The second-order valence-corrected chi connectivity index (χ2v) is 6.68. The van der Waals surface area contributed by atoms with E-state index in [2.05, 4.69) is 37.7 Å². The van der Waals surface area contributed by atoms with E-state index in [9.17, 15) is 0 Å². The Morgan fingerprint density at radius 1 is 1.25 bits per heavy atom. The molecule has 3 aromatic rings. The summed E-state index contributed by atoms with van der Waals surface area (Å²) in [6.07, 6.45) is 2.84. The van der Waals surface area contributed by atoms with Gasteiger partial charge < -0.3 is 10.6 Å². The molecule has 0 aliphatic rings. The van der Waals surface area contributed by atoms with E-state index in [1.165, 1.54) is 4.88 Å². The standard InChI is InChI=1S/C16H21N7S/c1-11-12(2)24-15(20-11)7-8-18-16(17-3)19-10-14-22-21-13-6-4-5-9-23(13)14/h4-6,9H,7-8,10H2,1-3H3,(H2,17,18,19). The zero-order valence-electron chi connectivity index (χ0n) is 14.1. The van der Waals surface area contributed by atoms with Gasteiger partial charge in [0.25, 0.3) is 0 Å². The van der Waals surface area contributed by atoms with Gasteiger partial charge in [0, 0.05) is 31.1 Å². The van der Waals surface area contributed by atoms with Crippen molar-refractivity contribution in [1.29, 1.82) is 0 Å². The number of rotatable bonds is 5. The van der Waals surface area contributed by atoms with Crippen molar-refractivity contribution in [3.8, 4) is 0 Å². The first-order valence-corrected chi connectivity index (χ1v) is 8.65. The van der Waals surface area contributed by atoms with Gasteiger partial charge in [-0.1, -0.05) is 6.07 Å². The van der Waals surface area contributed by atoms with E-state index < -0.39 is 0 Å². The maximum atomic E-state index is 4.55. The lowest BCUT2D eigenvalue weighted by molar-refractivity contribution is 0.756. The Morgan fingerprint density at radius 2 is 2.12 bits per heavy atom. The average molecular weight is 343 g/mol. The van der Waals surface area contributed by atoms with Gasteiger partial charge in [0.2, 0.25) is 0 Å². The predicted octanol–water partition coefficient (Wildman–Crippen LogP) is 1.71. The third kappa shape index (κ3) is 3.70. The molecule has 3 rings (SSSR count). The lowest BCUT2D eigenvalue weighted by Gasteiger charge is -2.10. The van der Waals surface area contributed by atoms with Gasteiger partial charge in [0.05, 0.1) is 17.2 Å². The second-order valence-electron chi connectivity index (χ2n) is 5.40. The molecule has 3 heterocycles. The molecule has 0 aliphatic carbocycles. The highest BCUT2D eigenvalue weighted by Gasteiger charge is 2.07. The van der Waals surface area contributed by atoms with Crippen molar-refractivity contribution in [1.82, 2.24) is 30.2 Å². The van der Waals surface area contributed by atoms with Crippen molar-refractivity contribution >= 4 is 22.9 Å². The lowest BCUT2D eigenvalue weighted by atomic mass is 10.4. The summed E-state index contributed by atoms with van der Waals surface area (Å²) < 4.78 is 1.96. The molecule has 2 N–H and O–H groups in total. The quantitative estimate of drug-likeness (QED) is 0.545. The number of hydrogen-bond donors (Lipinski definition) is 2. The van der Waals surface area contributed by atoms with Crippen molar-refractivity contribution in [2.24, 2.45) is 4.99 Å². The summed E-state index contributed by atoms with van der Waals surface area (Å²) in [6, 6.07) is 5.84. The van der Waals surface area contributed by atoms with Gasteiger partial charge in [-0.3, -0.25) is 9.39 Å². The zero-order chi connectivity index (χ0) is 16.9. The molecule has 0 bridgehead atoms. The number of aliphatic imine (C=N–C) groups is 1. The largest absolute Gasteiger partial charge is 0.356 e. The lowest BCUT2D eigenvalue weighted by Crippen LogP contribution is -2.38. The van der Waals surface area contributed by atoms with Crippen LogP contribution < -0.4 is 10.6 Å². The van der Waals surface area contributed by atoms with E-state index in [0.717, 1.165) is 41.1 Å². The van der Waals surface area contributed by atoms with Crippen LogP contribution >= 0.6 is 11.3 Å². The highest BCUT2D eigenvalue weighted by atomic mass is 32.1. The van der Waals surface area contributed by atoms with E-state index in [0.29, 0.717) is 6.54 Å². The summed E-state index contributed by atoms with van der Waals surface area (Å²) in [6.45, 7) is 5.49. The van der Waals surface area contributed by atoms with Crippen molar-refractivity contribution in [3.05, 3.63) is 45.8 Å². The number of aryl methyl sites for hydroxylation is 2. The van der Waals surface area contributed by atoms with Crippen LogP contribution in [-0.2, 0) is 13.0 Å². The van der Waals surface area contributed by atoms with Crippen molar-refractivity contribution in [2.45, 2.75) is 26.8 Å². The topological polar surface area (TPSA) is 79.5 Å². The van der Waals surface area contributed by atoms with Crippen molar-refractivity contribution < 1.29 is 0 Å². The Morgan fingerprint density at radius 3 is 2.88 bits per heavy atom. The van der Waals surface area contributed by atoms with E-state index in [1.807, 2.05) is 35.7 Å². The van der Waals surface area contributed by atoms with Crippen molar-refractivity contribution in [3.63, 3.8) is 0 Å². The van der Waals surface area contributed by atoms with Crippen LogP contribution in [0.4, 0.5) is 0 Å². The van der Waals surface area contributed by atoms with Gasteiger partial charge >= 0.3 is 0 Å². The number of thiazole rings is 1. The number of nitrogens with one attached hydrogen (secondary N) is 2. The first-order valence-electron chi connectivity index (χ1n) is 7.83. The molecule has 8 heteroatoms. The Labute approximate surface area is 144 Å². The van der Waals surface area contributed by atoms with Crippen LogP contribution in [0.2, 0.25) is 0 Å². The Bertz CT molecular complexity index is 830. The molecule has 0 aliphatic heterocycles. The van der Waals surface area contributed by atoms with Crippen LogP contribution in [0.5, 0.6) is 0 Å². The van der Waals surface area contributed by atoms with E-state index >= 15 is 0 Å². The molecule has 0 radical (unpaired) electrons. The van der Waals surface area contributed by atoms with E-state index in [1.54, 1.807) is 18.4 Å². The van der Waals surface area contributed by atoms with Crippen LogP contribution in [0.25, 0.3) is 5.65 Å². The maximum absolute atomic E-state index is 4.55. The number of fused-ring (bicyclic) bond motifs is 1. The Balaban J connectivity index is 1.52. The molecule has 0 fully saturated rings. The van der Waals surface area contributed by atoms with Crippen LogP contribution in [-0.4, -0.2) is 39.1 Å². The van der Waals surface area contributed by atoms with Gasteiger partial charge in [-0.15, -0.1) is 21.5 Å². The second kappa shape index (κ2) is 7.39. The third-order valence-electron chi connectivity index (χ3n) is 3.73. The predicted molar refractivity (Wildman–Crippen MR) is 96.5 cm³/mol. The fourth-order valence-electron chi connectivity index (χ4n) is 2.33. The number of hydrogen-bond acceptors (Lipinski definition) is 5. The fourth-order valence-corrected chi connectivity index (χ4v) is 3.26. The summed E-state index contributed by atoms with van der Waals surface area (Å²) >= 11 is 1.75. The molecule has 3 aromatic heterocycles. The van der Waals surface area contributed by atoms with Gasteiger partial charge in [-0.25, -0.2) is 4.98 Å². The highest BCUT2D eigenvalue weighted by Crippen LogP contribution is 2.16. The normalized spacial score (nSPS) is 11.9. The number of pyridine rings is 1. The molecule has 126 valence electrons. The minimum Gasteiger partial charge on any atom is -0.356 e. The summed E-state index contributed by atoms with van der Waals surface area (Å²) in [4.78, 5) is 10.1. The molecule has 24 heavy (non-hydrogen) atoms. The maximum Gasteiger partial charge on any atom is 0.191 e. The first kappa shape index (κ1) is 16.4. The average Bonchev–Trinajstić information content (AvgIpc) is 3.14. The number of nitrogens with zero attached hydrogens (tertiary/aromatic N) is 5. The van der Waals surface area contributed by atoms with Gasteiger partial charge in [-0.2, -0.15) is 0 Å². The summed E-state index contributed by atoms with van der Waals surface area (Å²) in [5.41, 5.74) is 1.96. The van der Waals surface area contributed by atoms with Crippen LogP contribution in [0.15, 0.2) is 29.4 Å². The zero-order valence-corrected chi connectivity index (χ0v) is 14.9. The van der Waals surface area contributed by atoms with Crippen LogP contribution in [0.3, 0.4) is 0 Å². The third-order valence-corrected chi connectivity index (χ3v) is 4.86. The van der Waals surface area contributed by atoms with Gasteiger partial charge in [0.15, 0.2) is 17.4 Å². The highest BCUT2D eigenvalue weighted by molar-refractivity contribution is 7.11. The Hall–Kier alpha value is -2.48. The number of guanidine groups is 1. The molecular weight excluding hydrogens is 322 g/mol. The van der Waals surface area contributed by atoms with Gasteiger partial charge in [-0.05, 0) is 26.0 Å². The molecule has 0 unspecified atom stereocenters. The molecule has 0 spiro atoms. The minimum atomic E-state index is 0.556. The first-order chi connectivity index (χ1) is 11.7. The molecule has 0 saturated heterocycles. The van der Waals surface area contributed by atoms with Gasteiger partial charge in [0.1, 0.15) is 0 Å². The summed E-state index contributed by atoms with van der Waals surface area (Å²) in [7, 11) is 1.76. The molecule has 0 aromatic carbocycles. The minimum absolute atomic E-state index is 0.556. The van der Waals surface area contributed by atoms with Crippen LogP contribution in [0, 0.1) is 13.8 Å². The van der Waals surface area contributed by atoms with Crippen molar-refractivity contribution in [2.75, 3.05) is 13.6 Å². The molecule has 0 saturated carbocycles. The SMILES string of the molecule is CN=C(NCCc1nc(C)c(C)s1)NCc1nnc2ccccn12. The number of aromatic nitrogens is 4. The molecule has 0 atom stereocenters. The molecule has 7 nitrogen and oxygen atoms in total. The molecular formula is C16H21N7S. The van der Waals surface area contributed by atoms with Crippen LogP contribution in [0.1, 0.15) is 21.4 Å².